The van der Waals surface area contributed by atoms with E-state index in [1.54, 1.807) is 16.8 Å². The molecule has 3 heterocycles. The fourth-order valence-corrected chi connectivity index (χ4v) is 5.97. The SMILES string of the molecule is COc1ccc([C@@H]2SCC(=O)Nc3c2c(C)nn3-c2nc3ccc(C)cc3s2)cc1O. The van der Waals surface area contributed by atoms with E-state index in [0.29, 0.717) is 22.5 Å². The fourth-order valence-electron chi connectivity index (χ4n) is 3.77. The van der Waals surface area contributed by atoms with Crippen molar-refractivity contribution in [1.29, 1.82) is 0 Å². The predicted molar refractivity (Wildman–Crippen MR) is 124 cm³/mol. The lowest BCUT2D eigenvalue weighted by molar-refractivity contribution is -0.113. The third kappa shape index (κ3) is 3.43. The van der Waals surface area contributed by atoms with Gasteiger partial charge in [0.2, 0.25) is 11.0 Å². The monoisotopic (exact) mass is 452 g/mol. The number of fused-ring (bicyclic) bond motifs is 2. The Morgan fingerprint density at radius 1 is 1.23 bits per heavy atom. The third-order valence-electron chi connectivity index (χ3n) is 5.23. The van der Waals surface area contributed by atoms with Crippen LogP contribution in [0.5, 0.6) is 11.5 Å². The van der Waals surface area contributed by atoms with Crippen LogP contribution in [0.1, 0.15) is 27.6 Å². The van der Waals surface area contributed by atoms with E-state index < -0.39 is 0 Å². The highest BCUT2D eigenvalue weighted by molar-refractivity contribution is 8.00. The molecule has 4 aromatic rings. The van der Waals surface area contributed by atoms with Gasteiger partial charge in [0.25, 0.3) is 0 Å². The van der Waals surface area contributed by atoms with E-state index in [-0.39, 0.29) is 16.9 Å². The van der Waals surface area contributed by atoms with Crippen LogP contribution >= 0.6 is 23.1 Å². The number of hydrogen-bond acceptors (Lipinski definition) is 7. The number of amides is 1. The van der Waals surface area contributed by atoms with Crippen molar-refractivity contribution in [1.82, 2.24) is 14.8 Å². The maximum atomic E-state index is 12.5. The molecule has 0 aliphatic carbocycles. The van der Waals surface area contributed by atoms with Crippen LogP contribution in [0.2, 0.25) is 0 Å². The van der Waals surface area contributed by atoms with Crippen LogP contribution in [0.3, 0.4) is 0 Å². The largest absolute Gasteiger partial charge is 0.504 e. The minimum atomic E-state index is -0.170. The second-order valence-corrected chi connectivity index (χ2v) is 9.50. The zero-order valence-electron chi connectivity index (χ0n) is 17.2. The molecule has 2 aromatic heterocycles. The Morgan fingerprint density at radius 2 is 2.06 bits per heavy atom. The summed E-state index contributed by atoms with van der Waals surface area (Å²) in [5.74, 6) is 1.31. The van der Waals surface area contributed by atoms with Crippen LogP contribution in [0.25, 0.3) is 15.3 Å². The van der Waals surface area contributed by atoms with Crippen molar-refractivity contribution in [3.8, 4) is 16.6 Å². The highest BCUT2D eigenvalue weighted by Crippen LogP contribution is 2.45. The highest BCUT2D eigenvalue weighted by Gasteiger charge is 2.31. The first kappa shape index (κ1) is 19.9. The number of carbonyl (C=O) groups excluding carboxylic acids is 1. The molecule has 0 spiro atoms. The number of methoxy groups -OCH3 is 1. The summed E-state index contributed by atoms with van der Waals surface area (Å²) in [5, 5.41) is 18.6. The number of rotatable bonds is 3. The Labute approximate surface area is 187 Å². The molecule has 0 saturated heterocycles. The maximum Gasteiger partial charge on any atom is 0.235 e. The van der Waals surface area contributed by atoms with E-state index in [1.807, 2.05) is 25.1 Å². The summed E-state index contributed by atoms with van der Waals surface area (Å²) in [7, 11) is 1.52. The molecule has 1 atom stereocenters. The van der Waals surface area contributed by atoms with Gasteiger partial charge in [-0.15, -0.1) is 11.8 Å². The predicted octanol–water partition coefficient (Wildman–Crippen LogP) is 4.59. The van der Waals surface area contributed by atoms with E-state index >= 15 is 0 Å². The maximum absolute atomic E-state index is 12.5. The zero-order valence-corrected chi connectivity index (χ0v) is 18.8. The van der Waals surface area contributed by atoms with Gasteiger partial charge in [-0.05, 0) is 49.2 Å². The molecular formula is C22H20N4O3S2. The second kappa shape index (κ2) is 7.58. The summed E-state index contributed by atoms with van der Waals surface area (Å²) in [6.07, 6.45) is 0. The number of phenols is 1. The van der Waals surface area contributed by atoms with Crippen molar-refractivity contribution in [3.63, 3.8) is 0 Å². The number of thioether (sulfide) groups is 1. The van der Waals surface area contributed by atoms with Crippen LogP contribution in [0.15, 0.2) is 36.4 Å². The molecule has 5 rings (SSSR count). The van der Waals surface area contributed by atoms with Gasteiger partial charge in [0.15, 0.2) is 11.5 Å². The van der Waals surface area contributed by atoms with Gasteiger partial charge >= 0.3 is 0 Å². The first-order chi connectivity index (χ1) is 14.9. The quantitative estimate of drug-likeness (QED) is 0.473. The summed E-state index contributed by atoms with van der Waals surface area (Å²) < 4.78 is 7.97. The second-order valence-electron chi connectivity index (χ2n) is 7.40. The summed E-state index contributed by atoms with van der Waals surface area (Å²) in [4.78, 5) is 17.3. The van der Waals surface area contributed by atoms with Gasteiger partial charge in [0, 0.05) is 5.56 Å². The Kier molecular flexibility index (Phi) is 4.86. The number of phenolic OH excluding ortho intramolecular Hbond substituents is 1. The Bertz CT molecular complexity index is 1330. The number of anilines is 1. The molecular weight excluding hydrogens is 432 g/mol. The summed E-state index contributed by atoms with van der Waals surface area (Å²) in [6.45, 7) is 3.98. The topological polar surface area (TPSA) is 89.3 Å². The molecule has 2 aromatic carbocycles. The van der Waals surface area contributed by atoms with Gasteiger partial charge in [-0.25, -0.2) is 4.98 Å². The van der Waals surface area contributed by atoms with E-state index in [9.17, 15) is 9.90 Å². The van der Waals surface area contributed by atoms with Gasteiger partial charge in [-0.3, -0.25) is 4.79 Å². The lowest BCUT2D eigenvalue weighted by atomic mass is 10.0. The third-order valence-corrected chi connectivity index (χ3v) is 7.49. The summed E-state index contributed by atoms with van der Waals surface area (Å²) >= 11 is 3.04. The smallest absolute Gasteiger partial charge is 0.235 e. The minimum absolute atomic E-state index is 0.0669. The van der Waals surface area contributed by atoms with Gasteiger partial charge in [-0.1, -0.05) is 23.5 Å². The number of aromatic hydroxyl groups is 1. The molecule has 158 valence electrons. The van der Waals surface area contributed by atoms with Gasteiger partial charge < -0.3 is 15.2 Å². The Balaban J connectivity index is 1.66. The zero-order chi connectivity index (χ0) is 21.7. The van der Waals surface area contributed by atoms with E-state index in [0.717, 1.165) is 27.0 Å². The van der Waals surface area contributed by atoms with Gasteiger partial charge in [0.05, 0.1) is 34.0 Å². The van der Waals surface area contributed by atoms with Crippen molar-refractivity contribution in [2.24, 2.45) is 0 Å². The minimum Gasteiger partial charge on any atom is -0.504 e. The van der Waals surface area contributed by atoms with Crippen molar-refractivity contribution in [2.45, 2.75) is 19.1 Å². The lowest BCUT2D eigenvalue weighted by Gasteiger charge is -2.16. The average molecular weight is 453 g/mol. The van der Waals surface area contributed by atoms with Crippen LogP contribution < -0.4 is 10.1 Å². The number of aromatic nitrogens is 3. The number of carbonyl (C=O) groups is 1. The molecule has 0 saturated carbocycles. The molecule has 9 heteroatoms. The number of benzene rings is 2. The van der Waals surface area contributed by atoms with E-state index in [4.69, 9.17) is 14.8 Å². The van der Waals surface area contributed by atoms with Crippen LogP contribution in [-0.2, 0) is 4.79 Å². The van der Waals surface area contributed by atoms with E-state index in [1.165, 1.54) is 35.8 Å². The van der Waals surface area contributed by atoms with Crippen molar-refractivity contribution >= 4 is 45.0 Å². The van der Waals surface area contributed by atoms with Crippen LogP contribution in [0.4, 0.5) is 5.82 Å². The number of aryl methyl sites for hydroxylation is 2. The average Bonchev–Trinajstić information content (AvgIpc) is 3.23. The molecule has 31 heavy (non-hydrogen) atoms. The first-order valence-corrected chi connectivity index (χ1v) is 11.6. The highest BCUT2D eigenvalue weighted by atomic mass is 32.2. The van der Waals surface area contributed by atoms with Crippen molar-refractivity contribution in [2.75, 3.05) is 18.2 Å². The van der Waals surface area contributed by atoms with Crippen LogP contribution in [-0.4, -0.2) is 38.6 Å². The standard InChI is InChI=1S/C22H20N4O3S2/c1-11-4-6-14-17(8-11)31-22(23-14)26-21-19(12(2)25-26)20(30-10-18(28)24-21)13-5-7-16(29-3)15(27)9-13/h4-9,20,27H,10H2,1-3H3,(H,24,28)/t20-/m0/s1. The number of ether oxygens (including phenoxy) is 1. The molecule has 7 nitrogen and oxygen atoms in total. The number of nitrogens with one attached hydrogen (secondary N) is 1. The Hall–Kier alpha value is -3.04. The van der Waals surface area contributed by atoms with Crippen molar-refractivity contribution in [3.05, 3.63) is 58.8 Å². The molecule has 0 radical (unpaired) electrons. The van der Waals surface area contributed by atoms with Crippen molar-refractivity contribution < 1.29 is 14.6 Å². The molecule has 0 bridgehead atoms. The molecule has 1 aliphatic heterocycles. The normalized spacial score (nSPS) is 16.1. The number of nitrogens with zero attached hydrogens (tertiary/aromatic N) is 3. The van der Waals surface area contributed by atoms with Crippen LogP contribution in [0, 0.1) is 13.8 Å². The first-order valence-electron chi connectivity index (χ1n) is 9.70. The molecule has 0 fully saturated rings. The molecule has 0 unspecified atom stereocenters. The van der Waals surface area contributed by atoms with Gasteiger partial charge in [0.1, 0.15) is 5.82 Å². The lowest BCUT2D eigenvalue weighted by Crippen LogP contribution is -2.15. The number of hydrogen-bond donors (Lipinski definition) is 2. The van der Waals surface area contributed by atoms with Gasteiger partial charge in [-0.2, -0.15) is 9.78 Å². The Morgan fingerprint density at radius 3 is 2.84 bits per heavy atom. The fraction of sp³-hybridized carbons (Fsp3) is 0.227. The molecule has 1 amide bonds. The summed E-state index contributed by atoms with van der Waals surface area (Å²) in [6, 6.07) is 11.5. The van der Waals surface area contributed by atoms with E-state index in [2.05, 4.69) is 18.3 Å². The summed E-state index contributed by atoms with van der Waals surface area (Å²) in [5.41, 5.74) is 4.67. The number of thiazole rings is 1. The molecule has 1 aliphatic rings. The molecule has 2 N–H and O–H groups in total.